The van der Waals surface area contributed by atoms with Gasteiger partial charge in [-0.15, -0.1) is 10.2 Å². The number of amides is 1. The van der Waals surface area contributed by atoms with E-state index in [4.69, 9.17) is 4.74 Å². The fourth-order valence-electron chi connectivity index (χ4n) is 1.23. The van der Waals surface area contributed by atoms with E-state index in [2.05, 4.69) is 25.4 Å². The Morgan fingerprint density at radius 2 is 2.11 bits per heavy atom. The van der Waals surface area contributed by atoms with Gasteiger partial charge in [0, 0.05) is 0 Å². The molecule has 0 saturated heterocycles. The zero-order valence-electron chi connectivity index (χ0n) is 9.95. The van der Waals surface area contributed by atoms with Crippen molar-refractivity contribution in [2.45, 2.75) is 20.3 Å². The van der Waals surface area contributed by atoms with E-state index in [-0.39, 0.29) is 24.0 Å². The van der Waals surface area contributed by atoms with Crippen LogP contribution in [0.15, 0.2) is 25.4 Å². The van der Waals surface area contributed by atoms with Crippen LogP contribution in [0.5, 0.6) is 0 Å². The Bertz CT molecular complexity index is 516. The fourth-order valence-corrected chi connectivity index (χ4v) is 1.23. The van der Waals surface area contributed by atoms with Crippen LogP contribution in [0.1, 0.15) is 20.3 Å². The predicted octanol–water partition coefficient (Wildman–Crippen LogP) is 0.735. The number of esters is 1. The monoisotopic (exact) mass is 249 g/mol. The van der Waals surface area contributed by atoms with Crippen molar-refractivity contribution in [3.8, 4) is 0 Å². The Morgan fingerprint density at radius 3 is 2.83 bits per heavy atom. The molecule has 0 aromatic heterocycles. The van der Waals surface area contributed by atoms with Gasteiger partial charge < -0.3 is 4.74 Å². The highest BCUT2D eigenvalue weighted by molar-refractivity contribution is 6.71. The summed E-state index contributed by atoms with van der Waals surface area (Å²) < 4.78 is 4.95. The summed E-state index contributed by atoms with van der Waals surface area (Å²) in [6.07, 6.45) is 0.732. The molecule has 0 atom stereocenters. The number of aliphatic imine (C=N–C) groups is 2. The first-order valence-corrected chi connectivity index (χ1v) is 5.46. The van der Waals surface area contributed by atoms with Gasteiger partial charge in [0.1, 0.15) is 0 Å². The molecule has 1 amide bonds. The van der Waals surface area contributed by atoms with Crippen LogP contribution < -0.4 is 0 Å². The Labute approximate surface area is 103 Å². The van der Waals surface area contributed by atoms with Crippen molar-refractivity contribution in [2.75, 3.05) is 6.61 Å². The first-order valence-electron chi connectivity index (χ1n) is 5.46. The third-order valence-electron chi connectivity index (χ3n) is 2.23. The number of fused-ring (bicyclic) bond motifs is 1. The van der Waals surface area contributed by atoms with Gasteiger partial charge in [0.15, 0.2) is 0 Å². The zero-order chi connectivity index (χ0) is 13.1. The van der Waals surface area contributed by atoms with Crippen molar-refractivity contribution in [1.82, 2.24) is 0 Å². The van der Waals surface area contributed by atoms with Gasteiger partial charge in [-0.05, 0) is 17.6 Å². The molecule has 0 aliphatic carbocycles. The summed E-state index contributed by atoms with van der Waals surface area (Å²) in [5, 5.41) is 10.3. The van der Waals surface area contributed by atoms with Crippen LogP contribution in [0.2, 0.25) is 0 Å². The second-order valence-corrected chi connectivity index (χ2v) is 4.13. The Balaban J connectivity index is 2.01. The number of amidine groups is 2. The molecule has 0 radical (unpaired) electrons. The average molecular weight is 249 g/mol. The molecule has 0 saturated carbocycles. The van der Waals surface area contributed by atoms with Crippen molar-refractivity contribution in [3.05, 3.63) is 0 Å². The van der Waals surface area contributed by atoms with Crippen molar-refractivity contribution in [1.29, 1.82) is 0 Å². The summed E-state index contributed by atoms with van der Waals surface area (Å²) in [6, 6.07) is 0. The molecule has 8 nitrogen and oxygen atoms in total. The van der Waals surface area contributed by atoms with E-state index in [0.717, 1.165) is 6.42 Å². The summed E-state index contributed by atoms with van der Waals surface area (Å²) in [6.45, 7) is 4.28. The van der Waals surface area contributed by atoms with Crippen LogP contribution in [-0.2, 0) is 14.3 Å². The standard InChI is InChI=1S/C10H11N5O3/c1-5(2)3-4-18-10(17)8-11-7-6(9(16)12-8)13-15-14-7/h5H,3-4H2,1-2H3. The highest BCUT2D eigenvalue weighted by Gasteiger charge is 2.30. The molecule has 0 fully saturated rings. The molecular formula is C10H11N5O3. The Morgan fingerprint density at radius 1 is 1.33 bits per heavy atom. The van der Waals surface area contributed by atoms with Gasteiger partial charge >= 0.3 is 11.9 Å². The number of hydrogen-bond acceptors (Lipinski definition) is 7. The highest BCUT2D eigenvalue weighted by atomic mass is 16.5. The molecule has 8 heteroatoms. The molecule has 0 spiro atoms. The molecule has 0 unspecified atom stereocenters. The van der Waals surface area contributed by atoms with Crippen molar-refractivity contribution >= 4 is 29.3 Å². The smallest absolute Gasteiger partial charge is 0.376 e. The summed E-state index contributed by atoms with van der Waals surface area (Å²) in [4.78, 5) is 30.3. The lowest BCUT2D eigenvalue weighted by atomic mass is 10.1. The topological polar surface area (TPSA) is 105 Å². The molecule has 0 N–H and O–H groups in total. The second kappa shape index (κ2) is 4.94. The number of rotatable bonds is 4. The lowest BCUT2D eigenvalue weighted by Gasteiger charge is -2.08. The summed E-state index contributed by atoms with van der Waals surface area (Å²) in [7, 11) is 0. The highest BCUT2D eigenvalue weighted by Crippen LogP contribution is 2.08. The van der Waals surface area contributed by atoms with Crippen LogP contribution in [0.4, 0.5) is 0 Å². The van der Waals surface area contributed by atoms with Crippen molar-refractivity contribution < 1.29 is 14.3 Å². The van der Waals surface area contributed by atoms with Crippen LogP contribution in [0.25, 0.3) is 0 Å². The third-order valence-corrected chi connectivity index (χ3v) is 2.23. The van der Waals surface area contributed by atoms with Gasteiger partial charge in [-0.2, -0.15) is 9.98 Å². The molecule has 2 aliphatic heterocycles. The van der Waals surface area contributed by atoms with E-state index < -0.39 is 11.9 Å². The largest absolute Gasteiger partial charge is 0.460 e. The molecule has 2 heterocycles. The van der Waals surface area contributed by atoms with Crippen LogP contribution in [0, 0.1) is 5.92 Å². The fraction of sp³-hybridized carbons (Fsp3) is 0.500. The maximum Gasteiger partial charge on any atom is 0.376 e. The SMILES string of the molecule is CC(C)CCOC(=O)C1=NC(=O)C2=NN=NC2=N1. The third kappa shape index (κ3) is 2.53. The summed E-state index contributed by atoms with van der Waals surface area (Å²) >= 11 is 0. The zero-order valence-corrected chi connectivity index (χ0v) is 9.95. The van der Waals surface area contributed by atoms with E-state index in [1.54, 1.807) is 0 Å². The summed E-state index contributed by atoms with van der Waals surface area (Å²) in [5.74, 6) is -1.30. The minimum atomic E-state index is -0.738. The van der Waals surface area contributed by atoms with Crippen molar-refractivity contribution in [3.63, 3.8) is 0 Å². The van der Waals surface area contributed by atoms with Gasteiger partial charge in [0.05, 0.1) is 6.61 Å². The average Bonchev–Trinajstić information content (AvgIpc) is 2.76. The maximum absolute atomic E-state index is 11.6. The molecule has 0 aromatic carbocycles. The first kappa shape index (κ1) is 12.2. The lowest BCUT2D eigenvalue weighted by Crippen LogP contribution is -2.30. The number of nitrogens with zero attached hydrogens (tertiary/aromatic N) is 5. The van der Waals surface area contributed by atoms with Crippen LogP contribution in [-0.4, -0.2) is 35.9 Å². The van der Waals surface area contributed by atoms with Gasteiger partial charge in [-0.25, -0.2) is 4.79 Å². The molecule has 2 rings (SSSR count). The van der Waals surface area contributed by atoms with Crippen LogP contribution >= 0.6 is 0 Å². The van der Waals surface area contributed by atoms with E-state index in [1.165, 1.54) is 0 Å². The number of carbonyl (C=O) groups is 2. The Kier molecular flexibility index (Phi) is 3.35. The van der Waals surface area contributed by atoms with E-state index in [9.17, 15) is 9.59 Å². The van der Waals surface area contributed by atoms with Crippen molar-refractivity contribution in [2.24, 2.45) is 31.3 Å². The molecule has 0 aromatic rings. The molecule has 18 heavy (non-hydrogen) atoms. The van der Waals surface area contributed by atoms with Gasteiger partial charge in [-0.1, -0.05) is 13.8 Å². The minimum absolute atomic E-state index is 0.00538. The molecule has 0 bridgehead atoms. The number of ether oxygens (including phenoxy) is 1. The normalized spacial score (nSPS) is 17.3. The Hall–Kier alpha value is -2.25. The lowest BCUT2D eigenvalue weighted by molar-refractivity contribution is -0.136. The van der Waals surface area contributed by atoms with E-state index >= 15 is 0 Å². The van der Waals surface area contributed by atoms with Gasteiger partial charge in [0.25, 0.3) is 0 Å². The first-order chi connectivity index (χ1) is 8.58. The van der Waals surface area contributed by atoms with Crippen LogP contribution in [0.3, 0.4) is 0 Å². The maximum atomic E-state index is 11.6. The predicted molar refractivity (Wildman–Crippen MR) is 62.6 cm³/mol. The number of carbonyl (C=O) groups excluding carboxylic acids is 2. The van der Waals surface area contributed by atoms with Gasteiger partial charge in [-0.3, -0.25) is 4.79 Å². The van der Waals surface area contributed by atoms with E-state index in [0.29, 0.717) is 5.92 Å². The number of hydrogen-bond donors (Lipinski definition) is 0. The van der Waals surface area contributed by atoms with Gasteiger partial charge in [0.2, 0.25) is 17.4 Å². The molecular weight excluding hydrogens is 238 g/mol. The molecule has 2 aliphatic rings. The molecule has 94 valence electrons. The van der Waals surface area contributed by atoms with E-state index in [1.807, 2.05) is 13.8 Å². The minimum Gasteiger partial charge on any atom is -0.460 e. The second-order valence-electron chi connectivity index (χ2n) is 4.13. The summed E-state index contributed by atoms with van der Waals surface area (Å²) in [5.41, 5.74) is -0.0475. The quantitative estimate of drug-likeness (QED) is 0.685.